The summed E-state index contributed by atoms with van der Waals surface area (Å²) >= 11 is 0. The monoisotopic (exact) mass is 109 g/mol. The van der Waals surface area contributed by atoms with Gasteiger partial charge in [0.15, 0.2) is 0 Å². The van der Waals surface area contributed by atoms with Gasteiger partial charge in [-0.15, -0.1) is 0 Å². The number of nitriles is 1. The molecule has 0 aliphatic heterocycles. The van der Waals surface area contributed by atoms with Gasteiger partial charge in [-0.05, 0) is 12.8 Å². The first kappa shape index (κ1) is 7.23. The van der Waals surface area contributed by atoms with Crippen LogP contribution >= 0.6 is 0 Å². The van der Waals surface area contributed by atoms with Crippen LogP contribution in [0.5, 0.6) is 0 Å². The predicted octanol–water partition coefficient (Wildman–Crippen LogP) is 2.26. The highest BCUT2D eigenvalue weighted by Crippen LogP contribution is 1.89. The van der Waals surface area contributed by atoms with Crippen LogP contribution < -0.4 is 0 Å². The molecule has 0 aliphatic carbocycles. The Balaban J connectivity index is 2.94. The van der Waals surface area contributed by atoms with Crippen molar-refractivity contribution in [2.75, 3.05) is 0 Å². The second kappa shape index (κ2) is 6.23. The van der Waals surface area contributed by atoms with E-state index in [1.54, 1.807) is 0 Å². The van der Waals surface area contributed by atoms with Crippen LogP contribution in [0.15, 0.2) is 12.2 Å². The third-order valence-electron chi connectivity index (χ3n) is 0.825. The summed E-state index contributed by atoms with van der Waals surface area (Å²) < 4.78 is 0. The molecule has 0 unspecified atom stereocenters. The maximum Gasteiger partial charge on any atom is 0.0624 e. The molecule has 0 aromatic carbocycles. The number of hydrogen-bond acceptors (Lipinski definition) is 1. The molecule has 44 valence electrons. The van der Waals surface area contributed by atoms with Gasteiger partial charge in [-0.2, -0.15) is 5.26 Å². The molecule has 0 N–H and O–H groups in total. The number of unbranched alkanes of at least 4 members (excludes halogenated alkanes) is 1. The lowest BCUT2D eigenvalue weighted by molar-refractivity contribution is 1.05. The largest absolute Gasteiger partial charge is 0.198 e. The Morgan fingerprint density at radius 3 is 2.75 bits per heavy atom. The Labute approximate surface area is 50.6 Å². The fraction of sp³-hybridized carbons (Fsp3) is 0.571. The van der Waals surface area contributed by atoms with Crippen molar-refractivity contribution in [1.29, 1.82) is 5.26 Å². The SMILES string of the molecule is CC/C=C/CCC#N. The van der Waals surface area contributed by atoms with E-state index >= 15 is 0 Å². The van der Waals surface area contributed by atoms with Crippen molar-refractivity contribution in [2.24, 2.45) is 0 Å². The minimum absolute atomic E-state index is 0.649. The number of rotatable bonds is 3. The van der Waals surface area contributed by atoms with Crippen molar-refractivity contribution in [2.45, 2.75) is 26.2 Å². The molecule has 0 bridgehead atoms. The zero-order chi connectivity index (χ0) is 6.24. The summed E-state index contributed by atoms with van der Waals surface area (Å²) in [5, 5.41) is 8.08. The van der Waals surface area contributed by atoms with Crippen molar-refractivity contribution in [3.8, 4) is 6.07 Å². The van der Waals surface area contributed by atoms with Crippen LogP contribution in [0.4, 0.5) is 0 Å². The molecule has 0 aromatic rings. The summed E-state index contributed by atoms with van der Waals surface area (Å²) in [5.74, 6) is 0. The van der Waals surface area contributed by atoms with Crippen LogP contribution in [0, 0.1) is 11.3 Å². The summed E-state index contributed by atoms with van der Waals surface area (Å²) in [6.45, 7) is 2.09. The minimum atomic E-state index is 0.649. The first-order chi connectivity index (χ1) is 3.91. The van der Waals surface area contributed by atoms with Crippen LogP contribution in [-0.4, -0.2) is 0 Å². The standard InChI is InChI=1S/C7H11N/c1-2-3-4-5-6-7-8/h3-4H,2,5-6H2,1H3/b4-3+. The number of hydrogen-bond donors (Lipinski definition) is 0. The molecular formula is C7H11N. The Hall–Kier alpha value is -0.770. The molecular weight excluding hydrogens is 98.1 g/mol. The second-order valence-electron chi connectivity index (χ2n) is 1.58. The molecule has 0 aliphatic rings. The molecule has 0 radical (unpaired) electrons. The quantitative estimate of drug-likeness (QED) is 0.403. The molecule has 0 atom stereocenters. The molecule has 8 heavy (non-hydrogen) atoms. The van der Waals surface area contributed by atoms with E-state index in [1.165, 1.54) is 0 Å². The highest BCUT2D eigenvalue weighted by atomic mass is 14.2. The van der Waals surface area contributed by atoms with Crippen LogP contribution in [0.25, 0.3) is 0 Å². The van der Waals surface area contributed by atoms with Crippen LogP contribution in [-0.2, 0) is 0 Å². The fourth-order valence-electron chi connectivity index (χ4n) is 0.432. The van der Waals surface area contributed by atoms with Gasteiger partial charge in [0.05, 0.1) is 6.07 Å². The predicted molar refractivity (Wildman–Crippen MR) is 34.3 cm³/mol. The first-order valence-electron chi connectivity index (χ1n) is 2.93. The topological polar surface area (TPSA) is 23.8 Å². The average molecular weight is 109 g/mol. The smallest absolute Gasteiger partial charge is 0.0624 e. The van der Waals surface area contributed by atoms with Gasteiger partial charge in [0.25, 0.3) is 0 Å². The zero-order valence-electron chi connectivity index (χ0n) is 5.22. The summed E-state index contributed by atoms with van der Waals surface area (Å²) in [6, 6.07) is 2.08. The van der Waals surface area contributed by atoms with Gasteiger partial charge >= 0.3 is 0 Å². The molecule has 1 heteroatoms. The lowest BCUT2D eigenvalue weighted by atomic mass is 10.3. The van der Waals surface area contributed by atoms with Gasteiger partial charge in [-0.3, -0.25) is 0 Å². The van der Waals surface area contributed by atoms with Crippen molar-refractivity contribution < 1.29 is 0 Å². The van der Waals surface area contributed by atoms with Gasteiger partial charge in [0, 0.05) is 6.42 Å². The number of nitrogens with zero attached hydrogens (tertiary/aromatic N) is 1. The lowest BCUT2D eigenvalue weighted by Crippen LogP contribution is -1.62. The van der Waals surface area contributed by atoms with Gasteiger partial charge in [-0.1, -0.05) is 19.1 Å². The Kier molecular flexibility index (Phi) is 5.63. The van der Waals surface area contributed by atoms with Gasteiger partial charge in [0.2, 0.25) is 0 Å². The molecule has 0 spiro atoms. The van der Waals surface area contributed by atoms with Crippen molar-refractivity contribution in [1.82, 2.24) is 0 Å². The van der Waals surface area contributed by atoms with Crippen molar-refractivity contribution >= 4 is 0 Å². The highest BCUT2D eigenvalue weighted by Gasteiger charge is 1.73. The average Bonchev–Trinajstić information content (AvgIpc) is 1.81. The molecule has 1 nitrogen and oxygen atoms in total. The van der Waals surface area contributed by atoms with E-state index in [2.05, 4.69) is 19.1 Å². The Morgan fingerprint density at radius 1 is 1.50 bits per heavy atom. The summed E-state index contributed by atoms with van der Waals surface area (Å²) in [6.07, 6.45) is 6.76. The van der Waals surface area contributed by atoms with E-state index in [1.807, 2.05) is 6.08 Å². The maximum absolute atomic E-state index is 8.08. The molecule has 0 heterocycles. The normalized spacial score (nSPS) is 9.50. The van der Waals surface area contributed by atoms with Gasteiger partial charge in [-0.25, -0.2) is 0 Å². The van der Waals surface area contributed by atoms with E-state index in [0.29, 0.717) is 6.42 Å². The second-order valence-corrected chi connectivity index (χ2v) is 1.58. The maximum atomic E-state index is 8.08. The third-order valence-corrected chi connectivity index (χ3v) is 0.825. The van der Waals surface area contributed by atoms with Crippen LogP contribution in [0.1, 0.15) is 26.2 Å². The molecule has 0 amide bonds. The minimum Gasteiger partial charge on any atom is -0.198 e. The summed E-state index contributed by atoms with van der Waals surface area (Å²) in [4.78, 5) is 0. The molecule has 0 rings (SSSR count). The van der Waals surface area contributed by atoms with Crippen molar-refractivity contribution in [3.05, 3.63) is 12.2 Å². The van der Waals surface area contributed by atoms with Crippen LogP contribution in [0.3, 0.4) is 0 Å². The molecule has 0 saturated carbocycles. The van der Waals surface area contributed by atoms with E-state index in [9.17, 15) is 0 Å². The fourth-order valence-corrected chi connectivity index (χ4v) is 0.432. The summed E-state index contributed by atoms with van der Waals surface area (Å²) in [7, 11) is 0. The van der Waals surface area contributed by atoms with Gasteiger partial charge < -0.3 is 0 Å². The van der Waals surface area contributed by atoms with Crippen LogP contribution in [0.2, 0.25) is 0 Å². The van der Waals surface area contributed by atoms with Gasteiger partial charge in [0.1, 0.15) is 0 Å². The first-order valence-corrected chi connectivity index (χ1v) is 2.93. The Bertz CT molecular complexity index is 97.4. The lowest BCUT2D eigenvalue weighted by Gasteiger charge is -1.78. The molecule has 0 aromatic heterocycles. The molecule has 0 fully saturated rings. The molecule has 0 saturated heterocycles. The third kappa shape index (κ3) is 5.23. The van der Waals surface area contributed by atoms with Crippen molar-refractivity contribution in [3.63, 3.8) is 0 Å². The van der Waals surface area contributed by atoms with E-state index in [-0.39, 0.29) is 0 Å². The zero-order valence-corrected chi connectivity index (χ0v) is 5.22. The van der Waals surface area contributed by atoms with E-state index in [0.717, 1.165) is 12.8 Å². The van der Waals surface area contributed by atoms with E-state index < -0.39 is 0 Å². The number of allylic oxidation sites excluding steroid dienone is 2. The highest BCUT2D eigenvalue weighted by molar-refractivity contribution is 4.84. The van der Waals surface area contributed by atoms with E-state index in [4.69, 9.17) is 5.26 Å². The summed E-state index contributed by atoms with van der Waals surface area (Å²) in [5.41, 5.74) is 0. The Morgan fingerprint density at radius 2 is 2.25 bits per heavy atom.